The van der Waals surface area contributed by atoms with E-state index < -0.39 is 0 Å². The molecule has 0 aromatic heterocycles. The van der Waals surface area contributed by atoms with Crippen molar-refractivity contribution < 1.29 is 0 Å². The minimum absolute atomic E-state index is 1.08. The van der Waals surface area contributed by atoms with Crippen LogP contribution in [0.4, 0.5) is 0 Å². The summed E-state index contributed by atoms with van der Waals surface area (Å²) in [5.74, 6) is 0. The Hall–Kier alpha value is -5.46. The molecule has 6 aromatic rings. The topological polar surface area (TPSA) is 0 Å². The zero-order valence-electron chi connectivity index (χ0n) is 28.0. The lowest BCUT2D eigenvalue weighted by Gasteiger charge is -2.21. The number of allylic oxidation sites excluding steroid dienone is 3. The first-order valence-electron chi connectivity index (χ1n) is 16.4. The van der Waals surface area contributed by atoms with Crippen LogP contribution >= 0.6 is 0 Å². The van der Waals surface area contributed by atoms with Gasteiger partial charge in [-0.25, -0.2) is 0 Å². The summed E-state index contributed by atoms with van der Waals surface area (Å²) in [5, 5.41) is 5.00. The number of aryl methyl sites for hydroxylation is 1. The van der Waals surface area contributed by atoms with Gasteiger partial charge in [-0.2, -0.15) is 0 Å². The third-order valence-corrected chi connectivity index (χ3v) is 8.14. The van der Waals surface area contributed by atoms with E-state index in [9.17, 15) is 0 Å². The third kappa shape index (κ3) is 8.04. The number of hydrogen-bond acceptors (Lipinski definition) is 0. The highest BCUT2D eigenvalue weighted by Crippen LogP contribution is 2.44. The molecular formula is C47H46. The maximum atomic E-state index is 4.32. The Kier molecular flexibility index (Phi) is 12.7. The maximum absolute atomic E-state index is 4.32. The van der Waals surface area contributed by atoms with Gasteiger partial charge in [-0.05, 0) is 104 Å². The standard InChI is InChI=1S/C40H34.C4H6.C3H6/c1-4-7-14-28-21-24-37-38(25-28)40(34-23-22-30-17-11-12-18-31(30)27-34)36(6-3)35(5-2)39(37)33-20-13-19-32(26-33)29-15-9-8-10-16-29;1-3-4-2;1-3-2/h5-6,8-13,15-27H,2-4,7,14H2,1H3;3-4H,1-2H2;3H,1H2,2H3. The van der Waals surface area contributed by atoms with Crippen molar-refractivity contribution >= 4 is 33.7 Å². The highest BCUT2D eigenvalue weighted by Gasteiger charge is 2.20. The van der Waals surface area contributed by atoms with Gasteiger partial charge in [0, 0.05) is 0 Å². The van der Waals surface area contributed by atoms with Crippen LogP contribution in [0.25, 0.3) is 67.1 Å². The molecule has 0 unspecified atom stereocenters. The van der Waals surface area contributed by atoms with Gasteiger partial charge in [-0.15, -0.1) is 6.58 Å². The fourth-order valence-electron chi connectivity index (χ4n) is 5.99. The van der Waals surface area contributed by atoms with Crippen LogP contribution in [0.5, 0.6) is 0 Å². The molecule has 0 aliphatic heterocycles. The van der Waals surface area contributed by atoms with E-state index in [4.69, 9.17) is 0 Å². The minimum atomic E-state index is 1.08. The summed E-state index contributed by atoms with van der Waals surface area (Å²) in [5.41, 5.74) is 10.9. The van der Waals surface area contributed by atoms with Crippen LogP contribution in [-0.2, 0) is 6.42 Å². The van der Waals surface area contributed by atoms with Gasteiger partial charge in [-0.3, -0.25) is 0 Å². The van der Waals surface area contributed by atoms with E-state index in [2.05, 4.69) is 155 Å². The van der Waals surface area contributed by atoms with E-state index in [1.54, 1.807) is 18.2 Å². The summed E-state index contributed by atoms with van der Waals surface area (Å²) in [7, 11) is 0. The molecule has 0 heterocycles. The molecule has 0 N–H and O–H groups in total. The fraction of sp³-hybridized carbons (Fsp3) is 0.106. The molecule has 0 saturated carbocycles. The van der Waals surface area contributed by atoms with Crippen LogP contribution in [0.3, 0.4) is 0 Å². The Balaban J connectivity index is 0.000000654. The molecule has 0 spiro atoms. The lowest BCUT2D eigenvalue weighted by molar-refractivity contribution is 0.796. The molecule has 234 valence electrons. The maximum Gasteiger partial charge on any atom is -0.00263 e. The molecule has 6 aromatic carbocycles. The van der Waals surface area contributed by atoms with E-state index >= 15 is 0 Å². The van der Waals surface area contributed by atoms with Gasteiger partial charge in [0.1, 0.15) is 0 Å². The SMILES string of the molecule is C=CC.C=CC=C.C=Cc1c(C=C)c(-c2ccc3ccccc3c2)c2cc(CCCC)ccc2c1-c1cccc(-c2ccccc2)c1. The number of benzene rings is 6. The smallest absolute Gasteiger partial charge is 0.00263 e. The highest BCUT2D eigenvalue weighted by atomic mass is 14.2. The lowest BCUT2D eigenvalue weighted by Crippen LogP contribution is -1.97. The first kappa shape index (κ1) is 34.4. The van der Waals surface area contributed by atoms with Crippen molar-refractivity contribution in [2.45, 2.75) is 33.1 Å². The van der Waals surface area contributed by atoms with Gasteiger partial charge in [0.05, 0.1) is 0 Å². The molecule has 0 saturated heterocycles. The predicted molar refractivity (Wildman–Crippen MR) is 213 cm³/mol. The largest absolute Gasteiger partial charge is 0.103 e. The molecule has 0 fully saturated rings. The van der Waals surface area contributed by atoms with E-state index in [1.807, 2.05) is 19.1 Å². The summed E-state index contributed by atoms with van der Waals surface area (Å²) >= 11 is 0. The van der Waals surface area contributed by atoms with Crippen LogP contribution in [0, 0.1) is 0 Å². The van der Waals surface area contributed by atoms with Crippen LogP contribution in [0.2, 0.25) is 0 Å². The van der Waals surface area contributed by atoms with Gasteiger partial charge in [0.2, 0.25) is 0 Å². The zero-order chi connectivity index (χ0) is 33.6. The summed E-state index contributed by atoms with van der Waals surface area (Å²) in [6.45, 7) is 22.9. The van der Waals surface area contributed by atoms with Gasteiger partial charge in [-0.1, -0.05) is 173 Å². The summed E-state index contributed by atoms with van der Waals surface area (Å²) in [4.78, 5) is 0. The second kappa shape index (κ2) is 17.3. The molecular weight excluding hydrogens is 565 g/mol. The lowest BCUT2D eigenvalue weighted by atomic mass is 9.82. The minimum Gasteiger partial charge on any atom is -0.103 e. The average Bonchev–Trinajstić information content (AvgIpc) is 3.13. The van der Waals surface area contributed by atoms with Crippen LogP contribution < -0.4 is 0 Å². The second-order valence-electron chi connectivity index (χ2n) is 11.4. The Labute approximate surface area is 282 Å². The number of rotatable bonds is 9. The normalized spacial score (nSPS) is 10.2. The highest BCUT2D eigenvalue weighted by molar-refractivity contribution is 6.12. The van der Waals surface area contributed by atoms with Gasteiger partial charge < -0.3 is 0 Å². The fourth-order valence-corrected chi connectivity index (χ4v) is 5.99. The Morgan fingerprint density at radius 3 is 1.72 bits per heavy atom. The van der Waals surface area contributed by atoms with E-state index in [0.29, 0.717) is 0 Å². The van der Waals surface area contributed by atoms with Crippen molar-refractivity contribution in [1.29, 1.82) is 0 Å². The van der Waals surface area contributed by atoms with Crippen molar-refractivity contribution in [1.82, 2.24) is 0 Å². The van der Waals surface area contributed by atoms with Gasteiger partial charge >= 0.3 is 0 Å². The van der Waals surface area contributed by atoms with Crippen LogP contribution in [0.15, 0.2) is 166 Å². The van der Waals surface area contributed by atoms with Crippen LogP contribution in [-0.4, -0.2) is 0 Å². The van der Waals surface area contributed by atoms with Crippen molar-refractivity contribution in [2.24, 2.45) is 0 Å². The third-order valence-electron chi connectivity index (χ3n) is 8.14. The first-order chi connectivity index (χ1) is 23.0. The molecule has 6 rings (SSSR count). The van der Waals surface area contributed by atoms with Crippen molar-refractivity contribution in [3.8, 4) is 33.4 Å². The molecule has 0 heteroatoms. The first-order valence-corrected chi connectivity index (χ1v) is 16.4. The van der Waals surface area contributed by atoms with E-state index in [1.165, 1.54) is 73.3 Å². The Bertz CT molecular complexity index is 2000. The molecule has 0 aliphatic carbocycles. The Morgan fingerprint density at radius 1 is 0.511 bits per heavy atom. The summed E-state index contributed by atoms with van der Waals surface area (Å²) in [6.07, 6.45) is 12.5. The molecule has 0 nitrogen and oxygen atoms in total. The number of fused-ring (bicyclic) bond motifs is 2. The summed E-state index contributed by atoms with van der Waals surface area (Å²) in [6, 6.07) is 41.9. The van der Waals surface area contributed by atoms with E-state index in [0.717, 1.165) is 17.5 Å². The molecule has 47 heavy (non-hydrogen) atoms. The van der Waals surface area contributed by atoms with Crippen molar-refractivity contribution in [3.05, 3.63) is 183 Å². The van der Waals surface area contributed by atoms with Crippen molar-refractivity contribution in [3.63, 3.8) is 0 Å². The van der Waals surface area contributed by atoms with Gasteiger partial charge in [0.15, 0.2) is 0 Å². The monoisotopic (exact) mass is 610 g/mol. The molecule has 0 atom stereocenters. The molecule has 0 aliphatic rings. The number of hydrogen-bond donors (Lipinski definition) is 0. The van der Waals surface area contributed by atoms with Crippen molar-refractivity contribution in [2.75, 3.05) is 0 Å². The zero-order valence-corrected chi connectivity index (χ0v) is 28.0. The molecule has 0 amide bonds. The van der Waals surface area contributed by atoms with Crippen LogP contribution in [0.1, 0.15) is 43.4 Å². The summed E-state index contributed by atoms with van der Waals surface area (Å²) < 4.78 is 0. The molecule has 0 bridgehead atoms. The predicted octanol–water partition coefficient (Wildman–Crippen LogP) is 14.2. The second-order valence-corrected chi connectivity index (χ2v) is 11.4. The average molecular weight is 611 g/mol. The Morgan fingerprint density at radius 2 is 1.09 bits per heavy atom. The number of unbranched alkanes of at least 4 members (excludes halogenated alkanes) is 1. The van der Waals surface area contributed by atoms with Gasteiger partial charge in [0.25, 0.3) is 0 Å². The van der Waals surface area contributed by atoms with E-state index in [-0.39, 0.29) is 0 Å². The molecule has 0 radical (unpaired) electrons. The quantitative estimate of drug-likeness (QED) is 0.113.